The van der Waals surface area contributed by atoms with Crippen LogP contribution in [0.1, 0.15) is 19.0 Å². The van der Waals surface area contributed by atoms with Crippen LogP contribution in [0.2, 0.25) is 0 Å². The molecule has 2 nitrogen and oxygen atoms in total. The summed E-state index contributed by atoms with van der Waals surface area (Å²) in [6.45, 7) is 2.82. The summed E-state index contributed by atoms with van der Waals surface area (Å²) < 4.78 is 37.4. The van der Waals surface area contributed by atoms with Crippen molar-refractivity contribution in [3.8, 4) is 0 Å². The van der Waals surface area contributed by atoms with Crippen molar-refractivity contribution in [3.05, 3.63) is 11.1 Å². The van der Waals surface area contributed by atoms with E-state index in [1.54, 1.807) is 0 Å². The van der Waals surface area contributed by atoms with E-state index in [1.165, 1.54) is 0 Å². The van der Waals surface area contributed by atoms with Crippen LogP contribution in [0.25, 0.3) is 0 Å². The van der Waals surface area contributed by atoms with Gasteiger partial charge in [0.1, 0.15) is 0 Å². The number of thioether (sulfide) groups is 1. The van der Waals surface area contributed by atoms with Gasteiger partial charge in [-0.3, -0.25) is 0 Å². The van der Waals surface area contributed by atoms with Crippen LogP contribution in [-0.2, 0) is 6.18 Å². The van der Waals surface area contributed by atoms with Gasteiger partial charge in [-0.05, 0) is 19.1 Å². The first kappa shape index (κ1) is 13.0. The maximum atomic E-state index is 12.5. The smallest absolute Gasteiger partial charge is 0.345 e. The topological polar surface area (TPSA) is 16.1 Å². The van der Waals surface area contributed by atoms with E-state index < -0.39 is 11.9 Å². The highest BCUT2D eigenvalue weighted by molar-refractivity contribution is 7.99. The molecule has 96 valence electrons. The van der Waals surface area contributed by atoms with E-state index in [1.807, 2.05) is 23.6 Å². The van der Waals surface area contributed by atoms with Crippen LogP contribution >= 0.6 is 23.1 Å². The minimum absolute atomic E-state index is 0.261. The Hall–Kier alpha value is -0.430. The molecule has 1 saturated heterocycles. The monoisotopic (exact) mass is 282 g/mol. The number of aromatic nitrogens is 1. The minimum atomic E-state index is -4.33. The highest BCUT2D eigenvalue weighted by Gasteiger charge is 2.34. The number of thiazole rings is 1. The zero-order valence-corrected chi connectivity index (χ0v) is 11.0. The first-order valence-electron chi connectivity index (χ1n) is 5.35. The van der Waals surface area contributed by atoms with Crippen LogP contribution in [-0.4, -0.2) is 29.1 Å². The summed E-state index contributed by atoms with van der Waals surface area (Å²) in [6.07, 6.45) is -3.34. The van der Waals surface area contributed by atoms with E-state index in [9.17, 15) is 13.2 Å². The first-order valence-corrected chi connectivity index (χ1v) is 7.39. The molecule has 2 heterocycles. The third-order valence-corrected chi connectivity index (χ3v) is 4.59. The van der Waals surface area contributed by atoms with Crippen molar-refractivity contribution in [2.24, 2.45) is 0 Å². The molecule has 1 atom stereocenters. The van der Waals surface area contributed by atoms with Gasteiger partial charge in [0, 0.05) is 23.7 Å². The second-order valence-corrected chi connectivity index (χ2v) is 6.02. The lowest BCUT2D eigenvalue weighted by Gasteiger charge is -2.26. The molecule has 17 heavy (non-hydrogen) atoms. The molecule has 0 amide bonds. The third-order valence-electron chi connectivity index (χ3n) is 2.72. The molecule has 1 unspecified atom stereocenters. The van der Waals surface area contributed by atoms with Crippen molar-refractivity contribution in [2.45, 2.75) is 25.6 Å². The molecule has 1 fully saturated rings. The molecule has 1 aliphatic rings. The molecule has 0 N–H and O–H groups in total. The number of hydrogen-bond acceptors (Lipinski definition) is 4. The second-order valence-electron chi connectivity index (χ2n) is 3.96. The van der Waals surface area contributed by atoms with E-state index in [2.05, 4.69) is 4.98 Å². The number of alkyl halides is 3. The van der Waals surface area contributed by atoms with Gasteiger partial charge in [-0.1, -0.05) is 0 Å². The van der Waals surface area contributed by atoms with Gasteiger partial charge in [-0.15, -0.1) is 11.3 Å². The van der Waals surface area contributed by atoms with Crippen molar-refractivity contribution >= 4 is 28.2 Å². The van der Waals surface area contributed by atoms with Gasteiger partial charge < -0.3 is 4.90 Å². The molecule has 1 aliphatic heterocycles. The fourth-order valence-corrected chi connectivity index (χ4v) is 3.70. The highest BCUT2D eigenvalue weighted by Crippen LogP contribution is 2.34. The van der Waals surface area contributed by atoms with Crippen molar-refractivity contribution in [1.82, 2.24) is 4.98 Å². The second kappa shape index (κ2) is 5.06. The average molecular weight is 282 g/mol. The quantitative estimate of drug-likeness (QED) is 0.784. The number of hydrogen-bond donors (Lipinski definition) is 0. The van der Waals surface area contributed by atoms with Crippen LogP contribution in [0.3, 0.4) is 0 Å². The Bertz CT molecular complexity index is 378. The van der Waals surface area contributed by atoms with Gasteiger partial charge in [-0.2, -0.15) is 24.9 Å². The largest absolute Gasteiger partial charge is 0.434 e. The summed E-state index contributed by atoms with van der Waals surface area (Å²) in [6, 6.07) is 0.261. The standard InChI is InChI=1S/C10H13F3N2S2/c1-7-2-4-16-5-3-15(7)9-14-8(6-17-9)10(11,12)13/h6-7H,2-5H2,1H3. The number of nitrogens with zero attached hydrogens (tertiary/aromatic N) is 2. The maximum Gasteiger partial charge on any atom is 0.434 e. The van der Waals surface area contributed by atoms with Gasteiger partial charge in [0.15, 0.2) is 10.8 Å². The van der Waals surface area contributed by atoms with Crippen LogP contribution < -0.4 is 4.90 Å². The van der Waals surface area contributed by atoms with Crippen molar-refractivity contribution < 1.29 is 13.2 Å². The fourth-order valence-electron chi connectivity index (χ4n) is 1.71. The van der Waals surface area contributed by atoms with Gasteiger partial charge in [0.05, 0.1) is 0 Å². The molecule has 1 aromatic heterocycles. The van der Waals surface area contributed by atoms with E-state index in [0.717, 1.165) is 41.2 Å². The zero-order chi connectivity index (χ0) is 12.5. The molecule has 0 aromatic carbocycles. The summed E-state index contributed by atoms with van der Waals surface area (Å²) in [5.74, 6) is 2.01. The lowest BCUT2D eigenvalue weighted by atomic mass is 10.2. The molecule has 0 aliphatic carbocycles. The lowest BCUT2D eigenvalue weighted by Crippen LogP contribution is -2.33. The fraction of sp³-hybridized carbons (Fsp3) is 0.700. The number of rotatable bonds is 1. The average Bonchev–Trinajstić information content (AvgIpc) is 2.63. The van der Waals surface area contributed by atoms with Crippen LogP contribution in [0.5, 0.6) is 0 Å². The Morgan fingerprint density at radius 1 is 1.41 bits per heavy atom. The Morgan fingerprint density at radius 3 is 2.82 bits per heavy atom. The lowest BCUT2D eigenvalue weighted by molar-refractivity contribution is -0.140. The van der Waals surface area contributed by atoms with Crippen molar-refractivity contribution in [1.29, 1.82) is 0 Å². The number of halogens is 3. The SMILES string of the molecule is CC1CCSCCN1c1nc(C(F)(F)F)cs1. The summed E-state index contributed by atoms with van der Waals surface area (Å²) in [4.78, 5) is 5.69. The van der Waals surface area contributed by atoms with Crippen LogP contribution in [0.4, 0.5) is 18.3 Å². The van der Waals surface area contributed by atoms with Gasteiger partial charge in [0.25, 0.3) is 0 Å². The summed E-state index contributed by atoms with van der Waals surface area (Å²) in [7, 11) is 0. The Balaban J connectivity index is 2.18. The van der Waals surface area contributed by atoms with Gasteiger partial charge in [-0.25, -0.2) is 4.98 Å². The number of anilines is 1. The molecule has 2 rings (SSSR count). The predicted octanol–water partition coefficient (Wildman–Crippen LogP) is 3.49. The molecular formula is C10H13F3N2S2. The van der Waals surface area contributed by atoms with E-state index >= 15 is 0 Å². The molecular weight excluding hydrogens is 269 g/mol. The molecule has 0 saturated carbocycles. The third kappa shape index (κ3) is 3.07. The van der Waals surface area contributed by atoms with Crippen LogP contribution in [0.15, 0.2) is 5.38 Å². The Kier molecular flexibility index (Phi) is 3.87. The minimum Gasteiger partial charge on any atom is -0.345 e. The Morgan fingerprint density at radius 2 is 2.18 bits per heavy atom. The highest BCUT2D eigenvalue weighted by atomic mass is 32.2. The summed E-state index contributed by atoms with van der Waals surface area (Å²) >= 11 is 2.92. The van der Waals surface area contributed by atoms with Crippen LogP contribution in [0, 0.1) is 0 Å². The molecule has 7 heteroatoms. The molecule has 0 spiro atoms. The van der Waals surface area contributed by atoms with Gasteiger partial charge >= 0.3 is 6.18 Å². The maximum absolute atomic E-state index is 12.5. The summed E-state index contributed by atoms with van der Waals surface area (Å²) in [5, 5.41) is 1.59. The van der Waals surface area contributed by atoms with E-state index in [0.29, 0.717) is 5.13 Å². The van der Waals surface area contributed by atoms with Gasteiger partial charge in [0.2, 0.25) is 0 Å². The first-order chi connectivity index (χ1) is 7.98. The van der Waals surface area contributed by atoms with E-state index in [4.69, 9.17) is 0 Å². The zero-order valence-electron chi connectivity index (χ0n) is 9.33. The molecule has 0 bridgehead atoms. The van der Waals surface area contributed by atoms with Crippen molar-refractivity contribution in [3.63, 3.8) is 0 Å². The normalized spacial score (nSPS) is 22.6. The van der Waals surface area contributed by atoms with Crippen molar-refractivity contribution in [2.75, 3.05) is 23.0 Å². The molecule has 1 aromatic rings. The summed E-state index contributed by atoms with van der Waals surface area (Å²) in [5.41, 5.74) is -0.776. The van der Waals surface area contributed by atoms with E-state index in [-0.39, 0.29) is 6.04 Å². The Labute approximate surface area is 106 Å². The molecule has 0 radical (unpaired) electrons. The predicted molar refractivity (Wildman–Crippen MR) is 65.9 cm³/mol.